The summed E-state index contributed by atoms with van der Waals surface area (Å²) in [6, 6.07) is 0.623. The second-order valence-electron chi connectivity index (χ2n) is 16.6. The van der Waals surface area contributed by atoms with E-state index in [1.54, 1.807) is 20.8 Å². The lowest BCUT2D eigenvalue weighted by molar-refractivity contribution is -0.140. The average molecular weight is 741 g/mol. The van der Waals surface area contributed by atoms with E-state index in [2.05, 4.69) is 5.16 Å². The lowest BCUT2D eigenvalue weighted by atomic mass is 9.57. The number of fused-ring (bicyclic) bond motifs is 4. The second-order valence-corrected chi connectivity index (χ2v) is 21.4. The van der Waals surface area contributed by atoms with Crippen molar-refractivity contribution in [1.82, 2.24) is 10.1 Å². The number of benzene rings is 1. The van der Waals surface area contributed by atoms with Crippen molar-refractivity contribution < 1.29 is 52.2 Å². The van der Waals surface area contributed by atoms with Gasteiger partial charge in [0, 0.05) is 17.1 Å². The molecule has 13 nitrogen and oxygen atoms in total. The summed E-state index contributed by atoms with van der Waals surface area (Å²) in [5.74, 6) is -2.97. The average Bonchev–Trinajstić information content (AvgIpc) is 3.43. The van der Waals surface area contributed by atoms with E-state index >= 15 is 9.59 Å². The van der Waals surface area contributed by atoms with Crippen LogP contribution in [0.2, 0.25) is 18.1 Å². The van der Waals surface area contributed by atoms with Crippen LogP contribution in [0.3, 0.4) is 0 Å². The van der Waals surface area contributed by atoms with Gasteiger partial charge in [-0.25, -0.2) is 4.79 Å². The molecule has 1 fully saturated rings. The molecular weight excluding hydrogens is 689 g/mol. The predicted octanol–water partition coefficient (Wildman–Crippen LogP) is 7.28. The Bertz CT molecular complexity index is 1810. The number of aromatic nitrogens is 1. The maximum atomic E-state index is 15.5. The molecule has 0 amide bonds. The maximum Gasteiger partial charge on any atom is 0.514 e. The summed E-state index contributed by atoms with van der Waals surface area (Å²) in [7, 11) is 2.13. The fourth-order valence-corrected chi connectivity index (χ4v) is 8.82. The van der Waals surface area contributed by atoms with Crippen molar-refractivity contribution >= 4 is 38.1 Å². The molecule has 1 aromatic heterocycles. The number of ketones is 2. The fraction of sp³-hybridized carbons (Fsp3) is 0.605. The molecule has 1 aromatic carbocycles. The highest BCUT2D eigenvalue weighted by atomic mass is 28.4. The number of hydrogen-bond acceptors (Lipinski definition) is 13. The van der Waals surface area contributed by atoms with Gasteiger partial charge >= 0.3 is 6.16 Å². The van der Waals surface area contributed by atoms with E-state index in [4.69, 9.17) is 27.9 Å². The Morgan fingerprint density at radius 1 is 1.13 bits per heavy atom. The van der Waals surface area contributed by atoms with Crippen LogP contribution in [-0.4, -0.2) is 86.5 Å². The minimum atomic E-state index is -2.94. The van der Waals surface area contributed by atoms with E-state index in [0.717, 1.165) is 6.42 Å². The summed E-state index contributed by atoms with van der Waals surface area (Å²) < 4.78 is 35.7. The third-order valence-electron chi connectivity index (χ3n) is 10.7. The number of nitrogens with zero attached hydrogens (tertiary/aromatic N) is 2. The molecule has 0 spiro atoms. The number of aliphatic hydroxyl groups is 1. The second kappa shape index (κ2) is 13.8. The molecule has 1 N–H and O–H groups in total. The molecule has 14 heteroatoms. The number of Topliss-reactive ketones (excluding diaryl/α,β-unsaturated/α-hetero) is 2. The van der Waals surface area contributed by atoms with Gasteiger partial charge in [-0.1, -0.05) is 34.1 Å². The molecule has 3 aliphatic carbocycles. The number of methoxy groups -OCH3 is 1. The van der Waals surface area contributed by atoms with Crippen LogP contribution in [0.1, 0.15) is 111 Å². The maximum absolute atomic E-state index is 15.5. The zero-order valence-corrected chi connectivity index (χ0v) is 33.3. The first-order chi connectivity index (χ1) is 24.1. The van der Waals surface area contributed by atoms with Crippen molar-refractivity contribution in [3.8, 4) is 17.4 Å². The number of aliphatic hydroxyl groups excluding tert-OH is 1. The van der Waals surface area contributed by atoms with E-state index in [1.165, 1.54) is 13.2 Å². The fourth-order valence-electron chi connectivity index (χ4n) is 7.37. The zero-order valence-electron chi connectivity index (χ0n) is 32.3. The predicted molar refractivity (Wildman–Crippen MR) is 194 cm³/mol. The molecule has 0 aliphatic heterocycles. The summed E-state index contributed by atoms with van der Waals surface area (Å²) in [4.78, 5) is 57.9. The minimum absolute atomic E-state index is 0.00162. The van der Waals surface area contributed by atoms with Crippen LogP contribution in [-0.2, 0) is 20.4 Å². The van der Waals surface area contributed by atoms with Gasteiger partial charge in [0.1, 0.15) is 28.4 Å². The van der Waals surface area contributed by atoms with Crippen LogP contribution >= 0.6 is 0 Å². The van der Waals surface area contributed by atoms with E-state index in [-0.39, 0.29) is 58.2 Å². The third-order valence-corrected chi connectivity index (χ3v) is 15.1. The first kappa shape index (κ1) is 39.2. The Morgan fingerprint density at radius 3 is 2.37 bits per heavy atom. The number of carbonyl (C=O) groups is 4. The molecule has 1 saturated carbocycles. The summed E-state index contributed by atoms with van der Waals surface area (Å²) in [5.41, 5.74) is -2.52. The highest BCUT2D eigenvalue weighted by Crippen LogP contribution is 2.59. The van der Waals surface area contributed by atoms with Gasteiger partial charge in [0.05, 0.1) is 30.9 Å². The molecule has 0 radical (unpaired) electrons. The molecule has 1 heterocycles. The number of aldehydes is 1. The van der Waals surface area contributed by atoms with Crippen molar-refractivity contribution in [3.63, 3.8) is 0 Å². The topological polar surface area (TPSA) is 164 Å². The van der Waals surface area contributed by atoms with Gasteiger partial charge < -0.3 is 33.0 Å². The van der Waals surface area contributed by atoms with Crippen LogP contribution in [0, 0.1) is 11.8 Å². The highest BCUT2D eigenvalue weighted by Gasteiger charge is 2.69. The Kier molecular flexibility index (Phi) is 10.4. The van der Waals surface area contributed by atoms with Gasteiger partial charge in [-0.2, -0.15) is 0 Å². The van der Waals surface area contributed by atoms with Gasteiger partial charge in [0.2, 0.25) is 11.6 Å². The molecule has 52 heavy (non-hydrogen) atoms. The van der Waals surface area contributed by atoms with Crippen molar-refractivity contribution in [2.45, 2.75) is 110 Å². The van der Waals surface area contributed by atoms with Gasteiger partial charge in [-0.3, -0.25) is 19.3 Å². The lowest BCUT2D eigenvalue weighted by Crippen LogP contribution is -2.68. The van der Waals surface area contributed by atoms with Crippen molar-refractivity contribution in [3.05, 3.63) is 39.7 Å². The Labute approximate surface area is 306 Å². The molecular formula is C38H52N2O11Si. The number of rotatable bonds is 10. The SMILES string of the molecule is CCCCOc1noc2c1C(=O)[C@@]1(O[Si](C)(C)C(C)(C)C)C(=O)C3=C(O)c4c(OC(=O)OC(C)(C)C)cc(C=O)c(OC)c4C[C@H]3C[C@H]1[C@@H]2N(C)C. The zero-order chi connectivity index (χ0) is 38.7. The molecule has 4 atom stereocenters. The normalized spacial score (nSPS) is 23.1. The molecule has 2 aromatic rings. The highest BCUT2D eigenvalue weighted by molar-refractivity contribution is 6.74. The Morgan fingerprint density at radius 2 is 1.81 bits per heavy atom. The molecule has 0 bridgehead atoms. The molecule has 284 valence electrons. The monoisotopic (exact) mass is 740 g/mol. The van der Waals surface area contributed by atoms with Crippen LogP contribution in [0.25, 0.3) is 5.76 Å². The number of hydrogen-bond donors (Lipinski definition) is 1. The summed E-state index contributed by atoms with van der Waals surface area (Å²) in [5, 5.41) is 16.0. The molecule has 0 saturated heterocycles. The first-order valence-corrected chi connectivity index (χ1v) is 20.7. The van der Waals surface area contributed by atoms with Crippen LogP contribution in [0.15, 0.2) is 16.2 Å². The third kappa shape index (κ3) is 6.46. The van der Waals surface area contributed by atoms with Gasteiger partial charge in [0.25, 0.3) is 5.88 Å². The van der Waals surface area contributed by atoms with Crippen molar-refractivity contribution in [1.29, 1.82) is 0 Å². The lowest BCUT2D eigenvalue weighted by Gasteiger charge is -2.55. The Balaban J connectivity index is 1.80. The van der Waals surface area contributed by atoms with Crippen LogP contribution in [0.4, 0.5) is 4.79 Å². The van der Waals surface area contributed by atoms with Gasteiger partial charge in [-0.15, -0.1) is 0 Å². The quantitative estimate of drug-likeness (QED) is 0.0646. The van der Waals surface area contributed by atoms with Gasteiger partial charge in [0.15, 0.2) is 26.0 Å². The van der Waals surface area contributed by atoms with E-state index in [1.807, 2.05) is 59.8 Å². The van der Waals surface area contributed by atoms with E-state index in [0.29, 0.717) is 24.9 Å². The van der Waals surface area contributed by atoms with Crippen molar-refractivity contribution in [2.75, 3.05) is 27.8 Å². The van der Waals surface area contributed by atoms with E-state index < -0.39 is 65.9 Å². The number of unbranched alkanes of at least 4 members (excludes halogenated alkanes) is 1. The molecule has 0 unspecified atom stereocenters. The smallest absolute Gasteiger partial charge is 0.507 e. The Hall–Kier alpha value is -4.01. The summed E-state index contributed by atoms with van der Waals surface area (Å²) in [6.07, 6.45) is 1.38. The number of ether oxygens (including phenoxy) is 4. The number of carbonyl (C=O) groups excluding carboxylic acids is 4. The standard InChI is InChI=1S/C38H52N2O11Si/c1-13-14-15-47-34-27-31(50-39-34)28(40(8)9)23-17-20-16-22-26(24(18-21(19-41)30(22)46-10)48-35(45)49-36(2,3)4)29(42)25(20)32(43)38(23,33(27)44)51-52(11,12)37(5,6)7/h18-20,23,28,42H,13-17H2,1-12H3/t20-,23-,28-,38-/m0/s1. The summed E-state index contributed by atoms with van der Waals surface area (Å²) >= 11 is 0. The van der Waals surface area contributed by atoms with Crippen LogP contribution < -0.4 is 14.2 Å². The first-order valence-electron chi connectivity index (χ1n) is 17.8. The molecule has 3 aliphatic rings. The largest absolute Gasteiger partial charge is 0.514 e. The van der Waals surface area contributed by atoms with E-state index in [9.17, 15) is 14.7 Å². The molecule has 5 rings (SSSR count). The van der Waals surface area contributed by atoms with Crippen LogP contribution in [0.5, 0.6) is 17.4 Å². The minimum Gasteiger partial charge on any atom is -0.507 e. The van der Waals surface area contributed by atoms with Crippen molar-refractivity contribution in [2.24, 2.45) is 11.8 Å². The summed E-state index contributed by atoms with van der Waals surface area (Å²) in [6.45, 7) is 17.3. The van der Waals surface area contributed by atoms with Gasteiger partial charge in [-0.05, 0) is 89.4 Å².